The van der Waals surface area contributed by atoms with Crippen molar-refractivity contribution in [3.8, 4) is 17.2 Å². The number of nitrogens with one attached hydrogen (secondary N) is 1. The number of rotatable bonds is 3. The van der Waals surface area contributed by atoms with Gasteiger partial charge in [0.25, 0.3) is 0 Å². The molecule has 2 aromatic heterocycles. The van der Waals surface area contributed by atoms with Crippen LogP contribution in [0.1, 0.15) is 6.92 Å². The van der Waals surface area contributed by atoms with E-state index in [1.54, 1.807) is 19.4 Å². The van der Waals surface area contributed by atoms with Gasteiger partial charge in [0.15, 0.2) is 5.43 Å². The van der Waals surface area contributed by atoms with Crippen LogP contribution in [-0.4, -0.2) is 37.8 Å². The summed E-state index contributed by atoms with van der Waals surface area (Å²) >= 11 is 0. The van der Waals surface area contributed by atoms with Gasteiger partial charge in [-0.25, -0.2) is 4.98 Å². The van der Waals surface area contributed by atoms with Crippen molar-refractivity contribution in [2.24, 2.45) is 0 Å². The SMILES string of the molecule is COc1ccc(-c2cc(=O)c3cc(N4CCN[C@@H](C)C4)ccc3o2)cn1. The van der Waals surface area contributed by atoms with Crippen LogP contribution in [0.3, 0.4) is 0 Å². The molecule has 1 N–H and O–H groups in total. The molecule has 134 valence electrons. The van der Waals surface area contributed by atoms with Crippen molar-refractivity contribution in [1.82, 2.24) is 10.3 Å². The third-order valence-electron chi connectivity index (χ3n) is 4.67. The molecule has 1 aliphatic heterocycles. The molecule has 6 heteroatoms. The summed E-state index contributed by atoms with van der Waals surface area (Å²) in [6, 6.07) is 11.3. The largest absolute Gasteiger partial charge is 0.481 e. The van der Waals surface area contributed by atoms with Gasteiger partial charge in [0.2, 0.25) is 5.88 Å². The number of nitrogens with zero attached hydrogens (tertiary/aromatic N) is 2. The van der Waals surface area contributed by atoms with E-state index in [9.17, 15) is 4.79 Å². The van der Waals surface area contributed by atoms with E-state index < -0.39 is 0 Å². The average Bonchev–Trinajstić information content (AvgIpc) is 2.68. The minimum atomic E-state index is -0.0536. The summed E-state index contributed by atoms with van der Waals surface area (Å²) in [6.45, 7) is 4.96. The van der Waals surface area contributed by atoms with Crippen molar-refractivity contribution in [3.63, 3.8) is 0 Å². The predicted octanol–water partition coefficient (Wildman–Crippen LogP) is 2.66. The molecule has 1 fully saturated rings. The Morgan fingerprint density at radius 3 is 2.88 bits per heavy atom. The normalized spacial score (nSPS) is 17.5. The number of ether oxygens (including phenoxy) is 1. The van der Waals surface area contributed by atoms with Gasteiger partial charge in [-0.1, -0.05) is 0 Å². The highest BCUT2D eigenvalue weighted by atomic mass is 16.5. The molecule has 26 heavy (non-hydrogen) atoms. The highest BCUT2D eigenvalue weighted by Crippen LogP contribution is 2.26. The van der Waals surface area contributed by atoms with E-state index in [-0.39, 0.29) is 5.43 Å². The maximum Gasteiger partial charge on any atom is 0.212 e. The van der Waals surface area contributed by atoms with Crippen LogP contribution in [0.5, 0.6) is 5.88 Å². The summed E-state index contributed by atoms with van der Waals surface area (Å²) in [5.41, 5.74) is 2.32. The first-order chi connectivity index (χ1) is 12.6. The van der Waals surface area contributed by atoms with E-state index in [2.05, 4.69) is 22.1 Å². The Bertz CT molecular complexity index is 982. The summed E-state index contributed by atoms with van der Waals surface area (Å²) in [5.74, 6) is 1.02. The van der Waals surface area contributed by atoms with Crippen LogP contribution < -0.4 is 20.4 Å². The second-order valence-electron chi connectivity index (χ2n) is 6.55. The fourth-order valence-corrected chi connectivity index (χ4v) is 3.30. The molecule has 4 rings (SSSR count). The molecule has 1 aliphatic rings. The lowest BCUT2D eigenvalue weighted by Gasteiger charge is -2.33. The first-order valence-electron chi connectivity index (χ1n) is 8.71. The van der Waals surface area contributed by atoms with E-state index in [4.69, 9.17) is 9.15 Å². The molecule has 1 saturated heterocycles. The standard InChI is InChI=1S/C20H21N3O3/c1-13-12-23(8-7-21-13)15-4-5-18-16(9-15)17(24)10-19(26-18)14-3-6-20(25-2)22-11-14/h3-6,9-11,13,21H,7-8,12H2,1-2H3/t13-/m0/s1. The Balaban J connectivity index is 1.71. The van der Waals surface area contributed by atoms with Gasteiger partial charge in [0.05, 0.1) is 12.5 Å². The Kier molecular flexibility index (Phi) is 4.34. The number of hydrogen-bond acceptors (Lipinski definition) is 6. The van der Waals surface area contributed by atoms with Gasteiger partial charge in [-0.2, -0.15) is 0 Å². The van der Waals surface area contributed by atoms with Gasteiger partial charge in [-0.05, 0) is 31.2 Å². The number of aromatic nitrogens is 1. The molecule has 0 radical (unpaired) electrons. The first kappa shape index (κ1) is 16.6. The third-order valence-corrected chi connectivity index (χ3v) is 4.67. The molecular weight excluding hydrogens is 330 g/mol. The van der Waals surface area contributed by atoms with E-state index in [0.717, 1.165) is 30.9 Å². The number of benzene rings is 1. The van der Waals surface area contributed by atoms with Crippen molar-refractivity contribution in [2.45, 2.75) is 13.0 Å². The molecule has 0 unspecified atom stereocenters. The molecule has 0 amide bonds. The summed E-state index contributed by atoms with van der Waals surface area (Å²) in [5, 5.41) is 4.02. The maximum absolute atomic E-state index is 12.7. The number of anilines is 1. The maximum atomic E-state index is 12.7. The minimum Gasteiger partial charge on any atom is -0.481 e. The van der Waals surface area contributed by atoms with Gasteiger partial charge in [-0.3, -0.25) is 4.79 Å². The van der Waals surface area contributed by atoms with Gasteiger partial charge in [-0.15, -0.1) is 0 Å². The summed E-state index contributed by atoms with van der Waals surface area (Å²) in [7, 11) is 1.56. The zero-order valence-electron chi connectivity index (χ0n) is 14.9. The van der Waals surface area contributed by atoms with E-state index in [1.807, 2.05) is 24.3 Å². The van der Waals surface area contributed by atoms with Gasteiger partial charge in [0, 0.05) is 55.3 Å². The Morgan fingerprint density at radius 2 is 2.15 bits per heavy atom. The fourth-order valence-electron chi connectivity index (χ4n) is 3.30. The number of hydrogen-bond donors (Lipinski definition) is 1. The number of fused-ring (bicyclic) bond motifs is 1. The van der Waals surface area contributed by atoms with E-state index in [0.29, 0.717) is 28.7 Å². The minimum absolute atomic E-state index is 0.0536. The van der Waals surface area contributed by atoms with Crippen molar-refractivity contribution in [2.75, 3.05) is 31.6 Å². The fraction of sp³-hybridized carbons (Fsp3) is 0.300. The molecular formula is C20H21N3O3. The van der Waals surface area contributed by atoms with Crippen molar-refractivity contribution >= 4 is 16.7 Å². The van der Waals surface area contributed by atoms with Crippen LogP contribution in [0.4, 0.5) is 5.69 Å². The zero-order valence-corrected chi connectivity index (χ0v) is 14.9. The number of piperazine rings is 1. The van der Waals surface area contributed by atoms with Crippen molar-refractivity contribution < 1.29 is 9.15 Å². The molecule has 0 saturated carbocycles. The smallest absolute Gasteiger partial charge is 0.212 e. The summed E-state index contributed by atoms with van der Waals surface area (Å²) in [6.07, 6.45) is 1.64. The molecule has 1 atom stereocenters. The zero-order chi connectivity index (χ0) is 18.1. The first-order valence-corrected chi connectivity index (χ1v) is 8.71. The lowest BCUT2D eigenvalue weighted by Crippen LogP contribution is -2.49. The average molecular weight is 351 g/mol. The van der Waals surface area contributed by atoms with Crippen LogP contribution in [0.25, 0.3) is 22.3 Å². The molecule has 1 aromatic carbocycles. The van der Waals surface area contributed by atoms with Crippen LogP contribution in [0, 0.1) is 0 Å². The summed E-state index contributed by atoms with van der Waals surface area (Å²) < 4.78 is 11.0. The third kappa shape index (κ3) is 3.15. The van der Waals surface area contributed by atoms with E-state index >= 15 is 0 Å². The molecule has 0 bridgehead atoms. The number of methoxy groups -OCH3 is 1. The van der Waals surface area contributed by atoms with Gasteiger partial charge < -0.3 is 19.4 Å². The van der Waals surface area contributed by atoms with Crippen LogP contribution in [0.2, 0.25) is 0 Å². The van der Waals surface area contributed by atoms with Crippen molar-refractivity contribution in [1.29, 1.82) is 0 Å². The van der Waals surface area contributed by atoms with Crippen LogP contribution in [-0.2, 0) is 0 Å². The quantitative estimate of drug-likeness (QED) is 0.782. The Hall–Kier alpha value is -2.86. The van der Waals surface area contributed by atoms with Crippen LogP contribution >= 0.6 is 0 Å². The molecule has 0 aliphatic carbocycles. The lowest BCUT2D eigenvalue weighted by atomic mass is 10.1. The van der Waals surface area contributed by atoms with Gasteiger partial charge in [0.1, 0.15) is 11.3 Å². The monoisotopic (exact) mass is 351 g/mol. The highest BCUT2D eigenvalue weighted by Gasteiger charge is 2.17. The molecule has 3 heterocycles. The van der Waals surface area contributed by atoms with Crippen molar-refractivity contribution in [3.05, 3.63) is 52.8 Å². The van der Waals surface area contributed by atoms with Gasteiger partial charge >= 0.3 is 0 Å². The second-order valence-corrected chi connectivity index (χ2v) is 6.55. The molecule has 6 nitrogen and oxygen atoms in total. The Morgan fingerprint density at radius 1 is 1.27 bits per heavy atom. The van der Waals surface area contributed by atoms with E-state index in [1.165, 1.54) is 6.07 Å². The lowest BCUT2D eigenvalue weighted by molar-refractivity contribution is 0.398. The predicted molar refractivity (Wildman–Crippen MR) is 102 cm³/mol. The topological polar surface area (TPSA) is 67.6 Å². The summed E-state index contributed by atoms with van der Waals surface area (Å²) in [4.78, 5) is 19.1. The number of pyridine rings is 1. The molecule has 0 spiro atoms. The van der Waals surface area contributed by atoms with Crippen LogP contribution in [0.15, 0.2) is 51.8 Å². The second kappa shape index (κ2) is 6.80. The Labute approximate surface area is 151 Å². The molecule has 3 aromatic rings. The highest BCUT2D eigenvalue weighted by molar-refractivity contribution is 5.82.